The Morgan fingerprint density at radius 1 is 1.33 bits per heavy atom. The zero-order valence-corrected chi connectivity index (χ0v) is 9.83. The molecule has 1 heterocycles. The van der Waals surface area contributed by atoms with E-state index in [4.69, 9.17) is 0 Å². The third kappa shape index (κ3) is 4.58. The zero-order chi connectivity index (χ0) is 11.3. The predicted octanol–water partition coefficient (Wildman–Crippen LogP) is 1.90. The van der Waals surface area contributed by atoms with E-state index in [1.54, 1.807) is 6.20 Å². The molecule has 1 aromatic rings. The molecular weight excluding hydrogens is 190 g/mol. The van der Waals surface area contributed by atoms with Crippen molar-refractivity contribution in [1.29, 1.82) is 0 Å². The van der Waals surface area contributed by atoms with Gasteiger partial charge in [-0.2, -0.15) is 10.1 Å². The smallest absolute Gasteiger partial charge is 0.244 e. The Balaban J connectivity index is 2.66. The molecule has 15 heavy (non-hydrogen) atoms. The summed E-state index contributed by atoms with van der Waals surface area (Å²) in [5.74, 6) is 1.32. The van der Waals surface area contributed by atoms with Gasteiger partial charge >= 0.3 is 0 Å². The monoisotopic (exact) mass is 209 g/mol. The van der Waals surface area contributed by atoms with Crippen LogP contribution in [0.25, 0.3) is 0 Å². The summed E-state index contributed by atoms with van der Waals surface area (Å²) in [6.07, 6.45) is 2.67. The zero-order valence-electron chi connectivity index (χ0n) is 9.83. The highest BCUT2D eigenvalue weighted by molar-refractivity contribution is 5.38. The molecule has 0 bridgehead atoms. The van der Waals surface area contributed by atoms with E-state index < -0.39 is 0 Å². The quantitative estimate of drug-likeness (QED) is 0.793. The van der Waals surface area contributed by atoms with Gasteiger partial charge in [-0.25, -0.2) is 0 Å². The summed E-state index contributed by atoms with van der Waals surface area (Å²) in [4.78, 5) is 4.30. The van der Waals surface area contributed by atoms with Gasteiger partial charge < -0.3 is 10.6 Å². The van der Waals surface area contributed by atoms with Crippen LogP contribution in [0.2, 0.25) is 0 Å². The fraction of sp³-hybridized carbons (Fsp3) is 0.700. The van der Waals surface area contributed by atoms with Crippen molar-refractivity contribution in [3.8, 4) is 0 Å². The maximum absolute atomic E-state index is 4.30. The van der Waals surface area contributed by atoms with Crippen molar-refractivity contribution in [3.63, 3.8) is 0 Å². The van der Waals surface area contributed by atoms with Crippen LogP contribution in [0, 0.1) is 0 Å². The Hall–Kier alpha value is -1.39. The molecular formula is C10H19N5. The highest BCUT2D eigenvalue weighted by Gasteiger charge is 2.10. The minimum atomic E-state index is -0.0158. The number of nitrogens with one attached hydrogen (secondary N) is 2. The van der Waals surface area contributed by atoms with E-state index in [1.807, 2.05) is 0 Å². The number of nitrogens with zero attached hydrogens (tertiary/aromatic N) is 3. The second-order valence-corrected chi connectivity index (χ2v) is 4.47. The summed E-state index contributed by atoms with van der Waals surface area (Å²) in [6, 6.07) is 0. The second kappa shape index (κ2) is 4.91. The molecule has 0 aliphatic rings. The first-order valence-electron chi connectivity index (χ1n) is 5.23. The first-order chi connectivity index (χ1) is 7.01. The van der Waals surface area contributed by atoms with Crippen molar-refractivity contribution in [2.75, 3.05) is 17.2 Å². The van der Waals surface area contributed by atoms with Crippen LogP contribution in [0.15, 0.2) is 6.20 Å². The summed E-state index contributed by atoms with van der Waals surface area (Å²) in [7, 11) is 0. The largest absolute Gasteiger partial charge is 0.364 e. The summed E-state index contributed by atoms with van der Waals surface area (Å²) in [5.41, 5.74) is -0.0158. The molecule has 0 aliphatic heterocycles. The van der Waals surface area contributed by atoms with E-state index in [9.17, 15) is 0 Å². The van der Waals surface area contributed by atoms with Crippen LogP contribution < -0.4 is 10.6 Å². The molecule has 0 atom stereocenters. The summed E-state index contributed by atoms with van der Waals surface area (Å²) in [6.45, 7) is 9.19. The third-order valence-electron chi connectivity index (χ3n) is 1.60. The van der Waals surface area contributed by atoms with E-state index in [1.165, 1.54) is 0 Å². The fourth-order valence-corrected chi connectivity index (χ4v) is 1.06. The highest BCUT2D eigenvalue weighted by Crippen LogP contribution is 2.11. The number of aromatic nitrogens is 3. The second-order valence-electron chi connectivity index (χ2n) is 4.47. The van der Waals surface area contributed by atoms with Crippen molar-refractivity contribution >= 4 is 11.8 Å². The Morgan fingerprint density at radius 2 is 2.07 bits per heavy atom. The summed E-state index contributed by atoms with van der Waals surface area (Å²) < 4.78 is 0. The Kier molecular flexibility index (Phi) is 3.82. The van der Waals surface area contributed by atoms with Crippen LogP contribution in [-0.2, 0) is 0 Å². The predicted molar refractivity (Wildman–Crippen MR) is 62.0 cm³/mol. The van der Waals surface area contributed by atoms with Gasteiger partial charge in [-0.1, -0.05) is 6.92 Å². The summed E-state index contributed by atoms with van der Waals surface area (Å²) in [5, 5.41) is 14.1. The molecule has 0 spiro atoms. The van der Waals surface area contributed by atoms with Crippen LogP contribution in [0.4, 0.5) is 11.8 Å². The number of anilines is 2. The minimum Gasteiger partial charge on any atom is -0.364 e. The van der Waals surface area contributed by atoms with Gasteiger partial charge in [0.05, 0.1) is 6.20 Å². The van der Waals surface area contributed by atoms with Gasteiger partial charge in [0.25, 0.3) is 0 Å². The topological polar surface area (TPSA) is 62.7 Å². The van der Waals surface area contributed by atoms with E-state index in [0.717, 1.165) is 18.8 Å². The van der Waals surface area contributed by atoms with Crippen molar-refractivity contribution in [1.82, 2.24) is 15.2 Å². The number of hydrogen-bond acceptors (Lipinski definition) is 5. The van der Waals surface area contributed by atoms with Gasteiger partial charge in [0.15, 0.2) is 5.82 Å². The molecule has 0 aliphatic carbocycles. The number of hydrogen-bond donors (Lipinski definition) is 2. The van der Waals surface area contributed by atoms with Gasteiger partial charge in [0.1, 0.15) is 0 Å². The molecule has 1 rings (SSSR count). The fourth-order valence-electron chi connectivity index (χ4n) is 1.06. The van der Waals surface area contributed by atoms with Crippen LogP contribution in [0.3, 0.4) is 0 Å². The lowest BCUT2D eigenvalue weighted by Crippen LogP contribution is -2.27. The maximum Gasteiger partial charge on any atom is 0.244 e. The van der Waals surface area contributed by atoms with E-state index in [2.05, 4.69) is 53.5 Å². The Morgan fingerprint density at radius 3 is 2.67 bits per heavy atom. The Labute approximate surface area is 90.7 Å². The normalized spacial score (nSPS) is 11.2. The van der Waals surface area contributed by atoms with E-state index in [0.29, 0.717) is 5.95 Å². The lowest BCUT2D eigenvalue weighted by Gasteiger charge is -2.20. The first kappa shape index (κ1) is 11.7. The molecule has 0 radical (unpaired) electrons. The lowest BCUT2D eigenvalue weighted by molar-refractivity contribution is 0.629. The molecule has 0 unspecified atom stereocenters. The molecule has 5 nitrogen and oxygen atoms in total. The van der Waals surface area contributed by atoms with Gasteiger partial charge in [0, 0.05) is 12.1 Å². The number of rotatable bonds is 4. The summed E-state index contributed by atoms with van der Waals surface area (Å²) >= 11 is 0. The average Bonchev–Trinajstić information content (AvgIpc) is 2.12. The van der Waals surface area contributed by atoms with Crippen molar-refractivity contribution in [2.45, 2.75) is 39.7 Å². The molecule has 0 saturated heterocycles. The van der Waals surface area contributed by atoms with Crippen LogP contribution in [0.5, 0.6) is 0 Å². The molecule has 1 aromatic heterocycles. The van der Waals surface area contributed by atoms with Gasteiger partial charge in [-0.05, 0) is 27.2 Å². The first-order valence-corrected chi connectivity index (χ1v) is 5.23. The molecule has 0 aromatic carbocycles. The van der Waals surface area contributed by atoms with Crippen LogP contribution >= 0.6 is 0 Å². The molecule has 5 heteroatoms. The third-order valence-corrected chi connectivity index (χ3v) is 1.60. The highest BCUT2D eigenvalue weighted by atomic mass is 15.3. The van der Waals surface area contributed by atoms with Crippen molar-refractivity contribution in [3.05, 3.63) is 6.20 Å². The van der Waals surface area contributed by atoms with Crippen molar-refractivity contribution < 1.29 is 0 Å². The standard InChI is InChI=1S/C10H19N5/c1-5-6-11-9-13-8(7-12-15-9)14-10(2,3)4/h7H,5-6H2,1-4H3,(H2,11,13,14,15). The van der Waals surface area contributed by atoms with Crippen LogP contribution in [0.1, 0.15) is 34.1 Å². The van der Waals surface area contributed by atoms with Crippen LogP contribution in [-0.4, -0.2) is 27.3 Å². The SMILES string of the molecule is CCCNc1nncc(NC(C)(C)C)n1. The molecule has 0 fully saturated rings. The van der Waals surface area contributed by atoms with Gasteiger partial charge in [-0.15, -0.1) is 5.10 Å². The van der Waals surface area contributed by atoms with Gasteiger partial charge in [0.2, 0.25) is 5.95 Å². The molecule has 0 saturated carbocycles. The maximum atomic E-state index is 4.30. The van der Waals surface area contributed by atoms with Gasteiger partial charge in [-0.3, -0.25) is 0 Å². The molecule has 84 valence electrons. The average molecular weight is 209 g/mol. The Bertz CT molecular complexity index is 305. The lowest BCUT2D eigenvalue weighted by atomic mass is 10.1. The van der Waals surface area contributed by atoms with E-state index >= 15 is 0 Å². The van der Waals surface area contributed by atoms with Crippen molar-refractivity contribution in [2.24, 2.45) is 0 Å². The molecule has 0 amide bonds. The molecule has 2 N–H and O–H groups in total. The van der Waals surface area contributed by atoms with E-state index in [-0.39, 0.29) is 5.54 Å². The minimum absolute atomic E-state index is 0.0158.